The second kappa shape index (κ2) is 6.27. The van der Waals surface area contributed by atoms with E-state index in [-0.39, 0.29) is 25.6 Å². The molecule has 0 rings (SSSR count). The Hall–Kier alpha value is -0.450. The number of carbonyl (C=O) groups is 1. The molecule has 0 spiro atoms. The predicted molar refractivity (Wildman–Crippen MR) is 39.2 cm³/mol. The van der Waals surface area contributed by atoms with Crippen molar-refractivity contribution in [3.05, 3.63) is 0 Å². The van der Waals surface area contributed by atoms with Crippen molar-refractivity contribution in [2.24, 2.45) is 0 Å². The van der Waals surface area contributed by atoms with Crippen LogP contribution in [0.15, 0.2) is 0 Å². The van der Waals surface area contributed by atoms with Gasteiger partial charge in [-0.15, -0.1) is 0 Å². The number of aliphatic hydroxyl groups excluding tert-OH is 2. The maximum absolute atomic E-state index is 10.7. The first-order valence-corrected chi connectivity index (χ1v) is 3.59. The first-order valence-electron chi connectivity index (χ1n) is 3.59. The van der Waals surface area contributed by atoms with Crippen LogP contribution in [-0.4, -0.2) is 41.9 Å². The Bertz CT molecular complexity index is 109. The summed E-state index contributed by atoms with van der Waals surface area (Å²) in [6.45, 7) is 1.20. The molecule has 0 amide bonds. The Morgan fingerprint density at radius 1 is 1.45 bits per heavy atom. The van der Waals surface area contributed by atoms with E-state index in [0.29, 0.717) is 6.42 Å². The van der Waals surface area contributed by atoms with Gasteiger partial charge < -0.3 is 14.9 Å². The molecular formula is C7H14O4. The highest BCUT2D eigenvalue weighted by molar-refractivity contribution is 5.79. The van der Waals surface area contributed by atoms with E-state index in [4.69, 9.17) is 14.9 Å². The van der Waals surface area contributed by atoms with Crippen molar-refractivity contribution in [1.82, 2.24) is 0 Å². The normalized spacial score (nSPS) is 10.5. The molecule has 4 nitrogen and oxygen atoms in total. The van der Waals surface area contributed by atoms with E-state index in [1.54, 1.807) is 6.92 Å². The van der Waals surface area contributed by atoms with Gasteiger partial charge >= 0.3 is 0 Å². The molecule has 0 aromatic carbocycles. The molecule has 0 aliphatic rings. The van der Waals surface area contributed by atoms with E-state index in [2.05, 4.69) is 0 Å². The summed E-state index contributed by atoms with van der Waals surface area (Å²) in [6, 6.07) is 0. The van der Waals surface area contributed by atoms with Gasteiger partial charge in [0.1, 0.15) is 12.7 Å². The van der Waals surface area contributed by atoms with Gasteiger partial charge in [-0.2, -0.15) is 0 Å². The second-order valence-electron chi connectivity index (χ2n) is 2.19. The van der Waals surface area contributed by atoms with Gasteiger partial charge in [-0.25, -0.2) is 0 Å². The number of ether oxygens (including phenoxy) is 1. The zero-order valence-corrected chi connectivity index (χ0v) is 6.62. The minimum Gasteiger partial charge on any atom is -0.394 e. The van der Waals surface area contributed by atoms with Crippen LogP contribution in [0.3, 0.4) is 0 Å². The maximum Gasteiger partial charge on any atom is 0.158 e. The fraction of sp³-hybridized carbons (Fsp3) is 0.857. The molecule has 0 atom stereocenters. The van der Waals surface area contributed by atoms with Crippen molar-refractivity contribution in [1.29, 1.82) is 0 Å². The van der Waals surface area contributed by atoms with Gasteiger partial charge in [0.15, 0.2) is 5.78 Å². The van der Waals surface area contributed by atoms with Crippen LogP contribution in [0.5, 0.6) is 0 Å². The average molecular weight is 162 g/mol. The molecule has 4 heteroatoms. The minimum atomic E-state index is -0.620. The SMILES string of the molecule is CCC(=O)COC(CO)CO. The highest BCUT2D eigenvalue weighted by Gasteiger charge is 2.07. The Morgan fingerprint density at radius 2 is 2.00 bits per heavy atom. The van der Waals surface area contributed by atoms with Gasteiger partial charge in [0.25, 0.3) is 0 Å². The molecule has 0 radical (unpaired) electrons. The number of rotatable bonds is 6. The topological polar surface area (TPSA) is 66.8 Å². The third-order valence-electron chi connectivity index (χ3n) is 1.28. The molecule has 0 aromatic rings. The van der Waals surface area contributed by atoms with Gasteiger partial charge in [0, 0.05) is 6.42 Å². The summed E-state index contributed by atoms with van der Waals surface area (Å²) in [6.07, 6.45) is -0.200. The lowest BCUT2D eigenvalue weighted by atomic mass is 10.3. The number of hydrogen-bond acceptors (Lipinski definition) is 4. The lowest BCUT2D eigenvalue weighted by Gasteiger charge is -2.10. The Kier molecular flexibility index (Phi) is 6.02. The van der Waals surface area contributed by atoms with E-state index < -0.39 is 6.10 Å². The van der Waals surface area contributed by atoms with E-state index in [1.807, 2.05) is 0 Å². The summed E-state index contributed by atoms with van der Waals surface area (Å²) in [5.74, 6) is -0.0306. The van der Waals surface area contributed by atoms with Gasteiger partial charge in [0.05, 0.1) is 13.2 Å². The molecule has 2 N–H and O–H groups in total. The summed E-state index contributed by atoms with van der Waals surface area (Å²) in [5.41, 5.74) is 0. The first-order chi connectivity index (χ1) is 5.24. The van der Waals surface area contributed by atoms with Crippen molar-refractivity contribution >= 4 is 5.78 Å². The summed E-state index contributed by atoms with van der Waals surface area (Å²) in [4.78, 5) is 10.7. The molecule has 0 bridgehead atoms. The Morgan fingerprint density at radius 3 is 2.36 bits per heavy atom. The monoisotopic (exact) mass is 162 g/mol. The quantitative estimate of drug-likeness (QED) is 0.544. The minimum absolute atomic E-state index is 0.0255. The van der Waals surface area contributed by atoms with E-state index >= 15 is 0 Å². The van der Waals surface area contributed by atoms with Crippen LogP contribution in [0.1, 0.15) is 13.3 Å². The van der Waals surface area contributed by atoms with Crippen LogP contribution in [0, 0.1) is 0 Å². The van der Waals surface area contributed by atoms with Crippen LogP contribution in [-0.2, 0) is 9.53 Å². The molecule has 0 aliphatic heterocycles. The summed E-state index contributed by atoms with van der Waals surface area (Å²) in [5, 5.41) is 17.0. The van der Waals surface area contributed by atoms with Gasteiger partial charge in [0.2, 0.25) is 0 Å². The molecule has 11 heavy (non-hydrogen) atoms. The molecule has 0 saturated heterocycles. The number of Topliss-reactive ketones (excluding diaryl/α,β-unsaturated/α-hetero) is 1. The summed E-state index contributed by atoms with van der Waals surface area (Å²) in [7, 11) is 0. The molecule has 0 heterocycles. The van der Waals surface area contributed by atoms with Crippen molar-refractivity contribution in [2.45, 2.75) is 19.4 Å². The molecule has 0 aliphatic carbocycles. The van der Waals surface area contributed by atoms with Crippen LogP contribution in [0.25, 0.3) is 0 Å². The standard InChI is InChI=1S/C7H14O4/c1-2-6(10)5-11-7(3-8)4-9/h7-9H,2-5H2,1H3. The lowest BCUT2D eigenvalue weighted by molar-refractivity contribution is -0.127. The van der Waals surface area contributed by atoms with E-state index in [1.165, 1.54) is 0 Å². The highest BCUT2D eigenvalue weighted by Crippen LogP contribution is 1.91. The molecule has 0 saturated carbocycles. The lowest BCUT2D eigenvalue weighted by Crippen LogP contribution is -2.24. The van der Waals surface area contributed by atoms with Gasteiger partial charge in [-0.05, 0) is 0 Å². The number of hydrogen-bond donors (Lipinski definition) is 2. The fourth-order valence-corrected chi connectivity index (χ4v) is 0.476. The largest absolute Gasteiger partial charge is 0.394 e. The van der Waals surface area contributed by atoms with Crippen molar-refractivity contribution in [2.75, 3.05) is 19.8 Å². The number of aliphatic hydroxyl groups is 2. The molecule has 0 fully saturated rings. The first kappa shape index (κ1) is 10.6. The number of carbonyl (C=O) groups excluding carboxylic acids is 1. The molecule has 0 unspecified atom stereocenters. The second-order valence-corrected chi connectivity index (χ2v) is 2.19. The van der Waals surface area contributed by atoms with Crippen molar-refractivity contribution < 1.29 is 19.7 Å². The van der Waals surface area contributed by atoms with Crippen LogP contribution in [0.2, 0.25) is 0 Å². The number of ketones is 1. The van der Waals surface area contributed by atoms with E-state index in [9.17, 15) is 4.79 Å². The van der Waals surface area contributed by atoms with Gasteiger partial charge in [-0.3, -0.25) is 4.79 Å². The zero-order chi connectivity index (χ0) is 8.69. The molecule has 0 aromatic heterocycles. The van der Waals surface area contributed by atoms with E-state index in [0.717, 1.165) is 0 Å². The van der Waals surface area contributed by atoms with Gasteiger partial charge in [-0.1, -0.05) is 6.92 Å². The fourth-order valence-electron chi connectivity index (χ4n) is 0.476. The zero-order valence-electron chi connectivity index (χ0n) is 6.62. The molecular weight excluding hydrogens is 148 g/mol. The predicted octanol–water partition coefficient (Wildman–Crippen LogP) is -0.665. The average Bonchev–Trinajstić information content (AvgIpc) is 2.06. The maximum atomic E-state index is 10.7. The Balaban J connectivity index is 3.42. The van der Waals surface area contributed by atoms with Crippen LogP contribution in [0.4, 0.5) is 0 Å². The summed E-state index contributed by atoms with van der Waals surface area (Å²) >= 11 is 0. The Labute approximate surface area is 65.8 Å². The van der Waals surface area contributed by atoms with Crippen LogP contribution >= 0.6 is 0 Å². The third kappa shape index (κ3) is 4.89. The van der Waals surface area contributed by atoms with Crippen molar-refractivity contribution in [3.63, 3.8) is 0 Å². The summed E-state index contributed by atoms with van der Waals surface area (Å²) < 4.78 is 4.84. The third-order valence-corrected chi connectivity index (χ3v) is 1.28. The van der Waals surface area contributed by atoms with Crippen molar-refractivity contribution in [3.8, 4) is 0 Å². The highest BCUT2D eigenvalue weighted by atomic mass is 16.5. The smallest absolute Gasteiger partial charge is 0.158 e. The molecule has 66 valence electrons. The van der Waals surface area contributed by atoms with Crippen LogP contribution < -0.4 is 0 Å².